The van der Waals surface area contributed by atoms with Crippen molar-refractivity contribution in [1.82, 2.24) is 19.7 Å². The molecule has 0 fully saturated rings. The van der Waals surface area contributed by atoms with E-state index in [-0.39, 0.29) is 5.82 Å². The van der Waals surface area contributed by atoms with Gasteiger partial charge >= 0.3 is 0 Å². The summed E-state index contributed by atoms with van der Waals surface area (Å²) >= 11 is 6.22. The quantitative estimate of drug-likeness (QED) is 0.641. The Hall–Kier alpha value is -2.80. The summed E-state index contributed by atoms with van der Waals surface area (Å²) in [4.78, 5) is 8.56. The third-order valence-corrected chi connectivity index (χ3v) is 3.37. The van der Waals surface area contributed by atoms with E-state index in [1.807, 2.05) is 19.2 Å². The van der Waals surface area contributed by atoms with E-state index < -0.39 is 0 Å². The zero-order chi connectivity index (χ0) is 15.7. The third-order valence-electron chi connectivity index (χ3n) is 3.00. The second-order valence-electron chi connectivity index (χ2n) is 4.75. The van der Waals surface area contributed by atoms with Crippen molar-refractivity contribution in [3.63, 3.8) is 0 Å². The van der Waals surface area contributed by atoms with Gasteiger partial charge in [-0.05, 0) is 12.1 Å². The summed E-state index contributed by atoms with van der Waals surface area (Å²) in [6.45, 7) is 0. The second-order valence-corrected chi connectivity index (χ2v) is 5.13. The normalized spacial score (nSPS) is 10.6. The summed E-state index contributed by atoms with van der Waals surface area (Å²) < 4.78 is 1.67. The van der Waals surface area contributed by atoms with E-state index in [1.165, 1.54) is 0 Å². The first-order chi connectivity index (χ1) is 10.5. The SMILES string of the molecule is Cn1cc(Nc2nc(N)c(Cl)c(-c3cccc(N)c3)n2)cn1. The smallest absolute Gasteiger partial charge is 0.229 e. The first kappa shape index (κ1) is 14.2. The Labute approximate surface area is 131 Å². The molecule has 0 amide bonds. The first-order valence-corrected chi connectivity index (χ1v) is 6.85. The number of aromatic nitrogens is 4. The summed E-state index contributed by atoms with van der Waals surface area (Å²) in [6, 6.07) is 7.25. The molecule has 3 rings (SSSR count). The monoisotopic (exact) mass is 315 g/mol. The van der Waals surface area contributed by atoms with Crippen LogP contribution in [-0.2, 0) is 7.05 Å². The Kier molecular flexibility index (Phi) is 3.56. The van der Waals surface area contributed by atoms with Gasteiger partial charge in [0.2, 0.25) is 5.95 Å². The fourth-order valence-corrected chi connectivity index (χ4v) is 2.21. The van der Waals surface area contributed by atoms with E-state index in [4.69, 9.17) is 23.1 Å². The van der Waals surface area contributed by atoms with Crippen LogP contribution in [0.4, 0.5) is 23.1 Å². The molecule has 0 unspecified atom stereocenters. The first-order valence-electron chi connectivity index (χ1n) is 6.47. The maximum atomic E-state index is 6.22. The molecule has 112 valence electrons. The molecule has 2 aromatic heterocycles. The summed E-state index contributed by atoms with van der Waals surface area (Å²) in [5, 5.41) is 7.41. The van der Waals surface area contributed by atoms with E-state index >= 15 is 0 Å². The Morgan fingerprint density at radius 3 is 2.73 bits per heavy atom. The van der Waals surface area contributed by atoms with Crippen molar-refractivity contribution in [2.24, 2.45) is 7.05 Å². The molecule has 0 saturated carbocycles. The Bertz CT molecular complexity index is 828. The number of hydrogen-bond acceptors (Lipinski definition) is 6. The molecule has 1 aromatic carbocycles. The second kappa shape index (κ2) is 5.53. The number of nitrogen functional groups attached to an aromatic ring is 2. The van der Waals surface area contributed by atoms with Gasteiger partial charge in [0.1, 0.15) is 10.8 Å². The van der Waals surface area contributed by atoms with Gasteiger partial charge < -0.3 is 16.8 Å². The van der Waals surface area contributed by atoms with E-state index in [2.05, 4.69) is 20.4 Å². The van der Waals surface area contributed by atoms with Crippen LogP contribution in [0.5, 0.6) is 0 Å². The molecule has 7 nitrogen and oxygen atoms in total. The van der Waals surface area contributed by atoms with Crippen molar-refractivity contribution in [1.29, 1.82) is 0 Å². The lowest BCUT2D eigenvalue weighted by atomic mass is 10.1. The van der Waals surface area contributed by atoms with Crippen LogP contribution in [0.25, 0.3) is 11.3 Å². The van der Waals surface area contributed by atoms with Crippen molar-refractivity contribution < 1.29 is 0 Å². The number of nitrogens with one attached hydrogen (secondary N) is 1. The molecule has 0 aliphatic carbocycles. The predicted molar refractivity (Wildman–Crippen MR) is 87.8 cm³/mol. The number of hydrogen-bond donors (Lipinski definition) is 3. The number of aryl methyl sites for hydroxylation is 1. The van der Waals surface area contributed by atoms with Crippen LogP contribution >= 0.6 is 11.6 Å². The summed E-state index contributed by atoms with van der Waals surface area (Å²) in [6.07, 6.45) is 3.46. The van der Waals surface area contributed by atoms with Crippen LogP contribution in [0, 0.1) is 0 Å². The molecule has 0 aliphatic heterocycles. The highest BCUT2D eigenvalue weighted by Gasteiger charge is 2.13. The highest BCUT2D eigenvalue weighted by atomic mass is 35.5. The fourth-order valence-electron chi connectivity index (χ4n) is 2.01. The van der Waals surface area contributed by atoms with Crippen LogP contribution in [0.3, 0.4) is 0 Å². The van der Waals surface area contributed by atoms with Crippen LogP contribution in [0.1, 0.15) is 0 Å². The predicted octanol–water partition coefficient (Wildman–Crippen LogP) is 2.44. The lowest BCUT2D eigenvalue weighted by molar-refractivity contribution is 0.768. The van der Waals surface area contributed by atoms with Crippen LogP contribution in [0.15, 0.2) is 36.7 Å². The molecule has 0 saturated heterocycles. The van der Waals surface area contributed by atoms with E-state index in [9.17, 15) is 0 Å². The Morgan fingerprint density at radius 1 is 1.23 bits per heavy atom. The number of nitrogens with zero attached hydrogens (tertiary/aromatic N) is 4. The summed E-state index contributed by atoms with van der Waals surface area (Å²) in [7, 11) is 1.82. The number of rotatable bonds is 3. The highest BCUT2D eigenvalue weighted by molar-refractivity contribution is 6.35. The summed E-state index contributed by atoms with van der Waals surface area (Å²) in [5.74, 6) is 0.535. The van der Waals surface area contributed by atoms with Crippen molar-refractivity contribution >= 4 is 34.7 Å². The average molecular weight is 316 g/mol. The van der Waals surface area contributed by atoms with Crippen molar-refractivity contribution in [2.75, 3.05) is 16.8 Å². The van der Waals surface area contributed by atoms with Gasteiger partial charge in [0.15, 0.2) is 0 Å². The third kappa shape index (κ3) is 2.79. The van der Waals surface area contributed by atoms with E-state index in [0.717, 1.165) is 11.3 Å². The maximum Gasteiger partial charge on any atom is 0.229 e. The number of benzene rings is 1. The number of anilines is 4. The van der Waals surface area contributed by atoms with Gasteiger partial charge in [-0.25, -0.2) is 4.98 Å². The van der Waals surface area contributed by atoms with E-state index in [1.54, 1.807) is 29.2 Å². The van der Waals surface area contributed by atoms with Gasteiger partial charge in [0.05, 0.1) is 17.6 Å². The molecule has 0 spiro atoms. The lowest BCUT2D eigenvalue weighted by Gasteiger charge is -2.10. The number of halogens is 1. The minimum Gasteiger partial charge on any atom is -0.399 e. The molecule has 3 aromatic rings. The van der Waals surface area contributed by atoms with Crippen LogP contribution < -0.4 is 16.8 Å². The molecular formula is C14H14ClN7. The van der Waals surface area contributed by atoms with Crippen molar-refractivity contribution in [3.8, 4) is 11.3 Å². The molecule has 8 heteroatoms. The zero-order valence-electron chi connectivity index (χ0n) is 11.8. The molecule has 2 heterocycles. The highest BCUT2D eigenvalue weighted by Crippen LogP contribution is 2.32. The summed E-state index contributed by atoms with van der Waals surface area (Å²) in [5.41, 5.74) is 14.3. The van der Waals surface area contributed by atoms with Crippen LogP contribution in [0.2, 0.25) is 5.02 Å². The number of nitrogens with two attached hydrogens (primary N) is 2. The molecule has 5 N–H and O–H groups in total. The standard InChI is InChI=1S/C14H14ClN7/c1-22-7-10(6-18-22)19-14-20-12(11(15)13(17)21-14)8-3-2-4-9(16)5-8/h2-7H,16H2,1H3,(H3,17,19,20,21). The maximum absolute atomic E-state index is 6.22. The zero-order valence-corrected chi connectivity index (χ0v) is 12.5. The van der Waals surface area contributed by atoms with Gasteiger partial charge in [0.25, 0.3) is 0 Å². The Morgan fingerprint density at radius 2 is 2.05 bits per heavy atom. The fraction of sp³-hybridized carbons (Fsp3) is 0.0714. The molecule has 0 aliphatic rings. The van der Waals surface area contributed by atoms with Crippen molar-refractivity contribution in [2.45, 2.75) is 0 Å². The minimum atomic E-state index is 0.195. The Balaban J connectivity index is 2.03. The van der Waals surface area contributed by atoms with Gasteiger partial charge in [-0.1, -0.05) is 23.7 Å². The van der Waals surface area contributed by atoms with Gasteiger partial charge in [0, 0.05) is 24.5 Å². The van der Waals surface area contributed by atoms with E-state index in [0.29, 0.717) is 22.4 Å². The van der Waals surface area contributed by atoms with Gasteiger partial charge in [-0.2, -0.15) is 10.1 Å². The molecule has 22 heavy (non-hydrogen) atoms. The molecular weight excluding hydrogens is 302 g/mol. The minimum absolute atomic E-state index is 0.195. The van der Waals surface area contributed by atoms with Gasteiger partial charge in [-0.15, -0.1) is 0 Å². The molecule has 0 atom stereocenters. The van der Waals surface area contributed by atoms with Gasteiger partial charge in [-0.3, -0.25) is 4.68 Å². The largest absolute Gasteiger partial charge is 0.399 e. The average Bonchev–Trinajstić information content (AvgIpc) is 2.88. The molecule has 0 radical (unpaired) electrons. The topological polar surface area (TPSA) is 108 Å². The molecule has 0 bridgehead atoms. The van der Waals surface area contributed by atoms with Crippen LogP contribution in [-0.4, -0.2) is 19.7 Å². The van der Waals surface area contributed by atoms with Crippen molar-refractivity contribution in [3.05, 3.63) is 41.7 Å². The lowest BCUT2D eigenvalue weighted by Crippen LogP contribution is -2.03.